The molecule has 1 heterocycles. The molecule has 0 unspecified atom stereocenters. The van der Waals surface area contributed by atoms with Crippen LogP contribution in [0.25, 0.3) is 0 Å². The Balaban J connectivity index is 2.09. The number of hydrogen-bond acceptors (Lipinski definition) is 4. The van der Waals surface area contributed by atoms with Crippen LogP contribution in [0.2, 0.25) is 0 Å². The lowest BCUT2D eigenvalue weighted by Gasteiger charge is -2.07. The summed E-state index contributed by atoms with van der Waals surface area (Å²) in [5.74, 6) is 0.193. The zero-order valence-corrected chi connectivity index (χ0v) is 12.5. The SMILES string of the molecule is COc1ccc(Br)cc1C(=O)NN=Cc1cccs1. The summed E-state index contributed by atoms with van der Waals surface area (Å²) in [6, 6.07) is 9.06. The second-order valence-corrected chi connectivity index (χ2v) is 5.45. The van der Waals surface area contributed by atoms with Gasteiger partial charge >= 0.3 is 0 Å². The number of carbonyl (C=O) groups excluding carboxylic acids is 1. The van der Waals surface area contributed by atoms with Gasteiger partial charge in [0.2, 0.25) is 0 Å². The second kappa shape index (κ2) is 6.49. The van der Waals surface area contributed by atoms with Crippen LogP contribution in [0.15, 0.2) is 45.3 Å². The summed E-state index contributed by atoms with van der Waals surface area (Å²) in [5, 5.41) is 5.86. The van der Waals surface area contributed by atoms with Crippen LogP contribution in [0, 0.1) is 0 Å². The Kier molecular flexibility index (Phi) is 4.70. The van der Waals surface area contributed by atoms with E-state index in [1.54, 1.807) is 29.7 Å². The maximum atomic E-state index is 12.0. The van der Waals surface area contributed by atoms with Gasteiger partial charge in [0.25, 0.3) is 5.91 Å². The average Bonchev–Trinajstić information content (AvgIpc) is 2.91. The van der Waals surface area contributed by atoms with Gasteiger partial charge in [0, 0.05) is 9.35 Å². The van der Waals surface area contributed by atoms with E-state index in [1.165, 1.54) is 7.11 Å². The molecule has 2 rings (SSSR count). The van der Waals surface area contributed by atoms with Crippen molar-refractivity contribution in [3.8, 4) is 5.75 Å². The fraction of sp³-hybridized carbons (Fsp3) is 0.0769. The van der Waals surface area contributed by atoms with Crippen molar-refractivity contribution < 1.29 is 9.53 Å². The second-order valence-electron chi connectivity index (χ2n) is 3.56. The smallest absolute Gasteiger partial charge is 0.275 e. The highest BCUT2D eigenvalue weighted by atomic mass is 79.9. The number of hydrazone groups is 1. The van der Waals surface area contributed by atoms with E-state index in [0.29, 0.717) is 11.3 Å². The van der Waals surface area contributed by atoms with E-state index in [0.717, 1.165) is 9.35 Å². The van der Waals surface area contributed by atoms with E-state index in [-0.39, 0.29) is 5.91 Å². The molecular formula is C13H11BrN2O2S. The third-order valence-corrected chi connectivity index (χ3v) is 3.61. The van der Waals surface area contributed by atoms with Crippen LogP contribution in [-0.4, -0.2) is 19.2 Å². The molecule has 0 fully saturated rings. The number of halogens is 1. The summed E-state index contributed by atoms with van der Waals surface area (Å²) in [4.78, 5) is 13.0. The zero-order chi connectivity index (χ0) is 13.7. The molecule has 0 bridgehead atoms. The maximum Gasteiger partial charge on any atom is 0.275 e. The lowest BCUT2D eigenvalue weighted by atomic mass is 10.2. The van der Waals surface area contributed by atoms with Crippen molar-refractivity contribution in [2.75, 3.05) is 7.11 Å². The van der Waals surface area contributed by atoms with E-state index in [9.17, 15) is 4.79 Å². The summed E-state index contributed by atoms with van der Waals surface area (Å²) in [6.45, 7) is 0. The number of nitrogens with one attached hydrogen (secondary N) is 1. The van der Waals surface area contributed by atoms with Gasteiger partial charge in [0.05, 0.1) is 18.9 Å². The summed E-state index contributed by atoms with van der Waals surface area (Å²) >= 11 is 4.87. The highest BCUT2D eigenvalue weighted by Crippen LogP contribution is 2.22. The molecule has 0 saturated heterocycles. The average molecular weight is 339 g/mol. The van der Waals surface area contributed by atoms with Crippen LogP contribution >= 0.6 is 27.3 Å². The predicted molar refractivity (Wildman–Crippen MR) is 80.1 cm³/mol. The molecule has 0 spiro atoms. The summed E-state index contributed by atoms with van der Waals surface area (Å²) in [7, 11) is 1.52. The lowest BCUT2D eigenvalue weighted by molar-refractivity contribution is 0.0952. The van der Waals surface area contributed by atoms with Gasteiger partial charge in [-0.2, -0.15) is 5.10 Å². The standard InChI is InChI=1S/C13H11BrN2O2S/c1-18-12-5-4-9(14)7-11(12)13(17)16-15-8-10-3-2-6-19-10/h2-8H,1H3,(H,16,17). The molecule has 4 nitrogen and oxygen atoms in total. The van der Waals surface area contributed by atoms with Crippen molar-refractivity contribution in [2.24, 2.45) is 5.10 Å². The lowest BCUT2D eigenvalue weighted by Crippen LogP contribution is -2.18. The van der Waals surface area contributed by atoms with Crippen LogP contribution in [0.4, 0.5) is 0 Å². The normalized spacial score (nSPS) is 10.6. The number of ether oxygens (including phenoxy) is 1. The first kappa shape index (κ1) is 13.8. The maximum absolute atomic E-state index is 12.0. The number of rotatable bonds is 4. The van der Waals surface area contributed by atoms with Crippen molar-refractivity contribution in [1.82, 2.24) is 5.43 Å². The van der Waals surface area contributed by atoms with Crippen molar-refractivity contribution in [1.29, 1.82) is 0 Å². The number of carbonyl (C=O) groups is 1. The third kappa shape index (κ3) is 3.65. The molecule has 98 valence electrons. The molecule has 0 aliphatic rings. The molecule has 19 heavy (non-hydrogen) atoms. The van der Waals surface area contributed by atoms with Crippen molar-refractivity contribution >= 4 is 39.4 Å². The number of nitrogens with zero attached hydrogens (tertiary/aromatic N) is 1. The fourth-order valence-corrected chi connectivity index (χ4v) is 2.38. The predicted octanol–water partition coefficient (Wildman–Crippen LogP) is 3.28. The fourth-order valence-electron chi connectivity index (χ4n) is 1.44. The number of hydrogen-bond donors (Lipinski definition) is 1. The highest BCUT2D eigenvalue weighted by Gasteiger charge is 2.11. The van der Waals surface area contributed by atoms with Gasteiger partial charge in [-0.15, -0.1) is 11.3 Å². The first-order valence-electron chi connectivity index (χ1n) is 5.41. The molecule has 0 saturated carbocycles. The van der Waals surface area contributed by atoms with Gasteiger partial charge in [0.15, 0.2) is 0 Å². The van der Waals surface area contributed by atoms with Gasteiger partial charge in [-0.1, -0.05) is 22.0 Å². The largest absolute Gasteiger partial charge is 0.496 e. The topological polar surface area (TPSA) is 50.7 Å². The Hall–Kier alpha value is -1.66. The van der Waals surface area contributed by atoms with Gasteiger partial charge < -0.3 is 4.74 Å². The Morgan fingerprint density at radius 1 is 1.47 bits per heavy atom. The first-order valence-corrected chi connectivity index (χ1v) is 7.08. The quantitative estimate of drug-likeness (QED) is 0.687. The van der Waals surface area contributed by atoms with Crippen LogP contribution in [0.3, 0.4) is 0 Å². The van der Waals surface area contributed by atoms with Gasteiger partial charge in [-0.3, -0.25) is 4.79 Å². The van der Waals surface area contributed by atoms with Crippen LogP contribution in [0.1, 0.15) is 15.2 Å². The van der Waals surface area contributed by atoms with Gasteiger partial charge in [-0.05, 0) is 29.6 Å². The molecular weight excluding hydrogens is 328 g/mol. The van der Waals surface area contributed by atoms with E-state index in [2.05, 4.69) is 26.5 Å². The minimum absolute atomic E-state index is 0.314. The number of benzene rings is 1. The third-order valence-electron chi connectivity index (χ3n) is 2.31. The van der Waals surface area contributed by atoms with Crippen LogP contribution in [0.5, 0.6) is 5.75 Å². The minimum atomic E-state index is -0.314. The van der Waals surface area contributed by atoms with Gasteiger partial charge in [0.1, 0.15) is 5.75 Å². The van der Waals surface area contributed by atoms with Crippen molar-refractivity contribution in [3.63, 3.8) is 0 Å². The van der Waals surface area contributed by atoms with Crippen molar-refractivity contribution in [3.05, 3.63) is 50.6 Å². The Labute approximate surface area is 123 Å². The highest BCUT2D eigenvalue weighted by molar-refractivity contribution is 9.10. The molecule has 1 aromatic carbocycles. The Morgan fingerprint density at radius 2 is 2.32 bits per heavy atom. The van der Waals surface area contributed by atoms with E-state index < -0.39 is 0 Å². The molecule has 6 heteroatoms. The van der Waals surface area contributed by atoms with Crippen LogP contribution < -0.4 is 10.2 Å². The molecule has 2 aromatic rings. The zero-order valence-electron chi connectivity index (χ0n) is 10.1. The molecule has 1 aromatic heterocycles. The molecule has 1 N–H and O–H groups in total. The van der Waals surface area contributed by atoms with E-state index >= 15 is 0 Å². The number of methoxy groups -OCH3 is 1. The molecule has 0 aliphatic carbocycles. The number of amides is 1. The van der Waals surface area contributed by atoms with Gasteiger partial charge in [-0.25, -0.2) is 5.43 Å². The van der Waals surface area contributed by atoms with Crippen molar-refractivity contribution in [2.45, 2.75) is 0 Å². The van der Waals surface area contributed by atoms with E-state index in [1.807, 2.05) is 23.6 Å². The summed E-state index contributed by atoms with van der Waals surface area (Å²) in [5.41, 5.74) is 2.91. The number of thiophene rings is 1. The minimum Gasteiger partial charge on any atom is -0.496 e. The Bertz CT molecular complexity index is 597. The molecule has 1 amide bonds. The van der Waals surface area contributed by atoms with Crippen LogP contribution in [-0.2, 0) is 0 Å². The molecule has 0 aliphatic heterocycles. The Morgan fingerprint density at radius 3 is 3.00 bits per heavy atom. The summed E-state index contributed by atoms with van der Waals surface area (Å²) < 4.78 is 5.95. The van der Waals surface area contributed by atoms with E-state index in [4.69, 9.17) is 4.74 Å². The molecule has 0 atom stereocenters. The molecule has 0 radical (unpaired) electrons. The summed E-state index contributed by atoms with van der Waals surface area (Å²) in [6.07, 6.45) is 1.60. The monoisotopic (exact) mass is 338 g/mol. The first-order chi connectivity index (χ1) is 9.20.